The van der Waals surface area contributed by atoms with Crippen LogP contribution in [0.3, 0.4) is 0 Å². The number of rotatable bonds is 4. The molecule has 0 radical (unpaired) electrons. The number of benzene rings is 1. The van der Waals surface area contributed by atoms with Crippen LogP contribution in [0.5, 0.6) is 0 Å². The van der Waals surface area contributed by atoms with Crippen molar-refractivity contribution in [2.45, 2.75) is 32.7 Å². The third-order valence-electron chi connectivity index (χ3n) is 2.79. The van der Waals surface area contributed by atoms with Crippen molar-refractivity contribution in [3.8, 4) is 0 Å². The average Bonchev–Trinajstić information content (AvgIpc) is 2.30. The van der Waals surface area contributed by atoms with E-state index in [9.17, 15) is 0 Å². The van der Waals surface area contributed by atoms with E-state index >= 15 is 0 Å². The lowest BCUT2D eigenvalue weighted by Crippen LogP contribution is -3.00. The van der Waals surface area contributed by atoms with Crippen LogP contribution in [0.1, 0.15) is 26.2 Å². The molecule has 86 valence electrons. The van der Waals surface area contributed by atoms with Gasteiger partial charge in [0.15, 0.2) is 6.20 Å². The molecule has 2 aromatic rings. The summed E-state index contributed by atoms with van der Waals surface area (Å²) in [6.45, 7) is 3.38. The Hall–Kier alpha value is -0.640. The highest BCUT2D eigenvalue weighted by Crippen LogP contribution is 2.08. The molecule has 0 aliphatic heterocycles. The van der Waals surface area contributed by atoms with Gasteiger partial charge < -0.3 is 24.0 Å². The summed E-state index contributed by atoms with van der Waals surface area (Å²) in [5, 5.41) is 1.33. The Labute approximate surface area is 115 Å². The molecule has 0 fully saturated rings. The third-order valence-corrected chi connectivity index (χ3v) is 2.79. The van der Waals surface area contributed by atoms with Gasteiger partial charge >= 0.3 is 0 Å². The van der Waals surface area contributed by atoms with Gasteiger partial charge in [0.05, 0.1) is 0 Å². The summed E-state index contributed by atoms with van der Waals surface area (Å²) in [7, 11) is 0. The lowest BCUT2D eigenvalue weighted by atomic mass is 10.2. The van der Waals surface area contributed by atoms with Gasteiger partial charge in [-0.1, -0.05) is 25.5 Å². The Balaban J connectivity index is 0.00000128. The largest absolute Gasteiger partial charge is 1.00 e. The highest BCUT2D eigenvalue weighted by atomic mass is 127. The number of pyridine rings is 1. The normalized spacial score (nSPS) is 10.1. The summed E-state index contributed by atoms with van der Waals surface area (Å²) >= 11 is 0. The standard InChI is InChI=1S/C14H18N.HI/c1-2-3-6-11-15-12-7-9-13-8-4-5-10-14(13)15;/h4-5,7-10,12H,2-3,6,11H2,1H3;1H/q+1;/p-1. The fourth-order valence-corrected chi connectivity index (χ4v) is 1.95. The van der Waals surface area contributed by atoms with Crippen molar-refractivity contribution in [3.05, 3.63) is 42.6 Å². The summed E-state index contributed by atoms with van der Waals surface area (Å²) in [5.41, 5.74) is 1.34. The van der Waals surface area contributed by atoms with Crippen molar-refractivity contribution in [1.82, 2.24) is 0 Å². The van der Waals surface area contributed by atoms with Gasteiger partial charge in [-0.2, -0.15) is 4.57 Å². The summed E-state index contributed by atoms with van der Waals surface area (Å²) in [4.78, 5) is 0. The maximum Gasteiger partial charge on any atom is 0.212 e. The molecule has 0 saturated heterocycles. The van der Waals surface area contributed by atoms with Crippen LogP contribution in [0, 0.1) is 0 Å². The highest BCUT2D eigenvalue weighted by Gasteiger charge is 2.05. The minimum atomic E-state index is 0. The second kappa shape index (κ2) is 6.84. The van der Waals surface area contributed by atoms with E-state index in [0.717, 1.165) is 6.54 Å². The van der Waals surface area contributed by atoms with Gasteiger partial charge in [-0.3, -0.25) is 0 Å². The summed E-state index contributed by atoms with van der Waals surface area (Å²) < 4.78 is 2.35. The molecule has 2 heteroatoms. The second-order valence-electron chi connectivity index (χ2n) is 3.97. The topological polar surface area (TPSA) is 3.88 Å². The van der Waals surface area contributed by atoms with Crippen molar-refractivity contribution in [3.63, 3.8) is 0 Å². The van der Waals surface area contributed by atoms with Gasteiger partial charge in [0.1, 0.15) is 6.54 Å². The molecule has 1 heterocycles. The number of hydrogen-bond acceptors (Lipinski definition) is 0. The van der Waals surface area contributed by atoms with Crippen molar-refractivity contribution >= 4 is 10.9 Å². The number of para-hydroxylation sites is 1. The van der Waals surface area contributed by atoms with Crippen LogP contribution in [-0.2, 0) is 6.54 Å². The van der Waals surface area contributed by atoms with Gasteiger partial charge in [0, 0.05) is 23.9 Å². The molecular weight excluding hydrogens is 309 g/mol. The molecule has 1 nitrogen and oxygen atoms in total. The first-order valence-corrected chi connectivity index (χ1v) is 5.79. The van der Waals surface area contributed by atoms with E-state index in [1.807, 2.05) is 0 Å². The minimum Gasteiger partial charge on any atom is -1.00 e. The number of unbranched alkanes of at least 4 members (excludes halogenated alkanes) is 2. The van der Waals surface area contributed by atoms with E-state index in [4.69, 9.17) is 0 Å². The van der Waals surface area contributed by atoms with Crippen LogP contribution in [0.4, 0.5) is 0 Å². The van der Waals surface area contributed by atoms with E-state index < -0.39 is 0 Å². The first-order chi connectivity index (χ1) is 7.42. The predicted molar refractivity (Wildman–Crippen MR) is 63.7 cm³/mol. The molecule has 2 rings (SSSR count). The van der Waals surface area contributed by atoms with Crippen LogP contribution in [0.2, 0.25) is 0 Å². The smallest absolute Gasteiger partial charge is 0.212 e. The number of fused-ring (bicyclic) bond motifs is 1. The van der Waals surface area contributed by atoms with Gasteiger partial charge in [0.25, 0.3) is 0 Å². The lowest BCUT2D eigenvalue weighted by molar-refractivity contribution is -0.671. The Morgan fingerprint density at radius 1 is 1.00 bits per heavy atom. The lowest BCUT2D eigenvalue weighted by Gasteiger charge is -2.00. The van der Waals surface area contributed by atoms with Crippen LogP contribution < -0.4 is 28.5 Å². The molecule has 0 unspecified atom stereocenters. The zero-order valence-corrected chi connectivity index (χ0v) is 11.9. The van der Waals surface area contributed by atoms with E-state index in [0.29, 0.717) is 0 Å². The van der Waals surface area contributed by atoms with Crippen molar-refractivity contribution < 1.29 is 28.5 Å². The van der Waals surface area contributed by atoms with Crippen LogP contribution >= 0.6 is 0 Å². The second-order valence-corrected chi connectivity index (χ2v) is 3.97. The number of hydrogen-bond donors (Lipinski definition) is 0. The fourth-order valence-electron chi connectivity index (χ4n) is 1.95. The molecular formula is C14H18IN. The van der Waals surface area contributed by atoms with Crippen LogP contribution in [0.15, 0.2) is 42.6 Å². The maximum atomic E-state index is 2.35. The summed E-state index contributed by atoms with van der Waals surface area (Å²) in [6, 6.07) is 12.9. The zero-order chi connectivity index (χ0) is 10.5. The van der Waals surface area contributed by atoms with E-state index in [1.165, 1.54) is 30.2 Å². The summed E-state index contributed by atoms with van der Waals surface area (Å²) in [5.74, 6) is 0. The quantitative estimate of drug-likeness (QED) is 0.433. The molecule has 1 aromatic carbocycles. The van der Waals surface area contributed by atoms with Crippen molar-refractivity contribution in [1.29, 1.82) is 0 Å². The number of nitrogens with zero attached hydrogens (tertiary/aromatic N) is 1. The van der Waals surface area contributed by atoms with Gasteiger partial charge in [-0.05, 0) is 18.6 Å². The Morgan fingerprint density at radius 3 is 2.56 bits per heavy atom. The molecule has 0 amide bonds. The van der Waals surface area contributed by atoms with Gasteiger partial charge in [0.2, 0.25) is 5.52 Å². The molecule has 0 atom stereocenters. The van der Waals surface area contributed by atoms with Gasteiger partial charge in [-0.15, -0.1) is 0 Å². The average molecular weight is 327 g/mol. The SMILES string of the molecule is CCCCC[n+]1cccc2ccccc21.[I-]. The zero-order valence-electron chi connectivity index (χ0n) is 9.70. The summed E-state index contributed by atoms with van der Waals surface area (Å²) in [6.07, 6.45) is 6.05. The maximum absolute atomic E-state index is 2.35. The van der Waals surface area contributed by atoms with Crippen molar-refractivity contribution in [2.24, 2.45) is 0 Å². The minimum absolute atomic E-state index is 0. The highest BCUT2D eigenvalue weighted by molar-refractivity contribution is 5.74. The van der Waals surface area contributed by atoms with Crippen LogP contribution in [-0.4, -0.2) is 0 Å². The fraction of sp³-hybridized carbons (Fsp3) is 0.357. The molecule has 0 bridgehead atoms. The Kier molecular flexibility index (Phi) is 5.74. The molecule has 1 aromatic heterocycles. The van der Waals surface area contributed by atoms with Gasteiger partial charge in [-0.25, -0.2) is 0 Å². The van der Waals surface area contributed by atoms with E-state index in [-0.39, 0.29) is 24.0 Å². The van der Waals surface area contributed by atoms with E-state index in [2.05, 4.69) is 54.1 Å². The van der Waals surface area contributed by atoms with E-state index in [1.54, 1.807) is 0 Å². The molecule has 0 aliphatic rings. The number of aromatic nitrogens is 1. The molecule has 0 N–H and O–H groups in total. The molecule has 0 saturated carbocycles. The Bertz CT molecular complexity index is 434. The number of aryl methyl sites for hydroxylation is 1. The van der Waals surface area contributed by atoms with Crippen LogP contribution in [0.25, 0.3) is 10.9 Å². The first-order valence-electron chi connectivity index (χ1n) is 5.79. The Morgan fingerprint density at radius 2 is 1.75 bits per heavy atom. The predicted octanol–water partition coefficient (Wildman–Crippen LogP) is 0.321. The molecule has 16 heavy (non-hydrogen) atoms. The number of halogens is 1. The molecule has 0 aliphatic carbocycles. The monoisotopic (exact) mass is 327 g/mol. The molecule has 0 spiro atoms. The van der Waals surface area contributed by atoms with Crippen molar-refractivity contribution in [2.75, 3.05) is 0 Å². The first kappa shape index (κ1) is 13.4. The third kappa shape index (κ3) is 3.17.